The molecule has 1 aromatic heterocycles. The Morgan fingerprint density at radius 3 is 2.67 bits per heavy atom. The van der Waals surface area contributed by atoms with Gasteiger partial charge < -0.3 is 9.47 Å². The number of hydrogen-bond donors (Lipinski definition) is 1. The lowest BCUT2D eigenvalue weighted by molar-refractivity contribution is -0.907. The Morgan fingerprint density at radius 1 is 1.22 bits per heavy atom. The minimum atomic E-state index is -2.95. The van der Waals surface area contributed by atoms with Crippen LogP contribution < -0.4 is 4.90 Å². The first-order valence-corrected chi connectivity index (χ1v) is 11.5. The quantitative estimate of drug-likeness (QED) is 0.805. The van der Waals surface area contributed by atoms with Gasteiger partial charge in [-0.05, 0) is 31.9 Å². The molecule has 5 nitrogen and oxygen atoms in total. The molecular formula is C21H27N2O3S+. The highest BCUT2D eigenvalue weighted by atomic mass is 32.2. The first kappa shape index (κ1) is 18.4. The van der Waals surface area contributed by atoms with Crippen LogP contribution in [0.5, 0.6) is 0 Å². The second-order valence-corrected chi connectivity index (χ2v) is 10.2. The van der Waals surface area contributed by atoms with Crippen molar-refractivity contribution in [1.82, 2.24) is 4.57 Å². The van der Waals surface area contributed by atoms with Gasteiger partial charge in [-0.1, -0.05) is 24.3 Å². The summed E-state index contributed by atoms with van der Waals surface area (Å²) in [6, 6.07) is 10.4. The van der Waals surface area contributed by atoms with Crippen LogP contribution in [0, 0.1) is 13.8 Å². The molecule has 2 aliphatic rings. The van der Waals surface area contributed by atoms with E-state index in [9.17, 15) is 13.2 Å². The van der Waals surface area contributed by atoms with Crippen LogP contribution in [0.25, 0.3) is 0 Å². The number of quaternary nitrogens is 1. The Morgan fingerprint density at radius 2 is 1.96 bits per heavy atom. The predicted molar refractivity (Wildman–Crippen MR) is 105 cm³/mol. The van der Waals surface area contributed by atoms with Gasteiger partial charge in [0.25, 0.3) is 0 Å². The maximum atomic E-state index is 13.0. The van der Waals surface area contributed by atoms with Crippen LogP contribution in [0.1, 0.15) is 45.3 Å². The third-order valence-corrected chi connectivity index (χ3v) is 7.83. The number of Topliss-reactive ketones (excluding diaryl/α,β-unsaturated/α-hetero) is 1. The van der Waals surface area contributed by atoms with E-state index in [1.54, 1.807) is 0 Å². The van der Waals surface area contributed by atoms with Crippen LogP contribution in [0.3, 0.4) is 0 Å². The normalized spacial score (nSPS) is 23.9. The van der Waals surface area contributed by atoms with Gasteiger partial charge in [-0.25, -0.2) is 8.42 Å². The van der Waals surface area contributed by atoms with E-state index >= 15 is 0 Å². The van der Waals surface area contributed by atoms with Crippen molar-refractivity contribution < 1.29 is 18.1 Å². The third kappa shape index (κ3) is 3.60. The lowest BCUT2D eigenvalue weighted by atomic mass is 9.99. The van der Waals surface area contributed by atoms with Gasteiger partial charge in [-0.15, -0.1) is 0 Å². The molecule has 3 heterocycles. The zero-order valence-corrected chi connectivity index (χ0v) is 16.8. The van der Waals surface area contributed by atoms with Crippen LogP contribution in [-0.2, 0) is 22.8 Å². The van der Waals surface area contributed by atoms with Crippen LogP contribution >= 0.6 is 0 Å². The number of aromatic nitrogens is 1. The van der Waals surface area contributed by atoms with Crippen molar-refractivity contribution in [1.29, 1.82) is 0 Å². The largest absolute Gasteiger partial charge is 0.344 e. The number of aryl methyl sites for hydroxylation is 1. The smallest absolute Gasteiger partial charge is 0.218 e. The molecule has 0 bridgehead atoms. The molecule has 0 radical (unpaired) electrons. The number of carbonyl (C=O) groups is 1. The van der Waals surface area contributed by atoms with E-state index in [1.807, 2.05) is 19.9 Å². The fraction of sp³-hybridized carbons (Fsp3) is 0.476. The van der Waals surface area contributed by atoms with Gasteiger partial charge in [0.15, 0.2) is 9.84 Å². The Balaban J connectivity index is 1.51. The Labute approximate surface area is 160 Å². The van der Waals surface area contributed by atoms with E-state index in [0.29, 0.717) is 13.0 Å². The Bertz CT molecular complexity index is 991. The Kier molecular flexibility index (Phi) is 4.72. The van der Waals surface area contributed by atoms with Crippen molar-refractivity contribution in [3.63, 3.8) is 0 Å². The summed E-state index contributed by atoms with van der Waals surface area (Å²) in [5.41, 5.74) is 5.39. The van der Waals surface area contributed by atoms with Crippen LogP contribution in [0.4, 0.5) is 0 Å². The fourth-order valence-electron chi connectivity index (χ4n) is 4.72. The number of benzene rings is 1. The van der Waals surface area contributed by atoms with E-state index in [1.165, 1.54) is 16.0 Å². The highest BCUT2D eigenvalue weighted by Crippen LogP contribution is 2.29. The van der Waals surface area contributed by atoms with Crippen molar-refractivity contribution in [2.45, 2.75) is 39.3 Å². The average Bonchev–Trinajstić information content (AvgIpc) is 3.13. The summed E-state index contributed by atoms with van der Waals surface area (Å²) in [6.45, 7) is 6.27. The van der Waals surface area contributed by atoms with E-state index in [4.69, 9.17) is 0 Å². The molecule has 0 spiro atoms. The van der Waals surface area contributed by atoms with Gasteiger partial charge in [0.2, 0.25) is 5.78 Å². The summed E-state index contributed by atoms with van der Waals surface area (Å²) in [5, 5.41) is 0. The van der Waals surface area contributed by atoms with E-state index in [2.05, 4.69) is 28.8 Å². The molecule has 4 rings (SSSR count). The van der Waals surface area contributed by atoms with Crippen LogP contribution in [-0.4, -0.2) is 43.4 Å². The van der Waals surface area contributed by atoms with Gasteiger partial charge in [0.05, 0.1) is 18.1 Å². The summed E-state index contributed by atoms with van der Waals surface area (Å²) >= 11 is 0. The summed E-state index contributed by atoms with van der Waals surface area (Å²) in [5.74, 6) is 0.588. The summed E-state index contributed by atoms with van der Waals surface area (Å²) < 4.78 is 25.8. The first-order valence-electron chi connectivity index (χ1n) is 9.66. The number of nitrogens with one attached hydrogen (secondary N) is 1. The molecule has 27 heavy (non-hydrogen) atoms. The monoisotopic (exact) mass is 387 g/mol. The fourth-order valence-corrected chi connectivity index (χ4v) is 6.42. The topological polar surface area (TPSA) is 60.6 Å². The van der Waals surface area contributed by atoms with Crippen molar-refractivity contribution in [3.8, 4) is 0 Å². The second kappa shape index (κ2) is 6.91. The van der Waals surface area contributed by atoms with Gasteiger partial charge >= 0.3 is 0 Å². The molecule has 6 heteroatoms. The molecule has 0 aliphatic carbocycles. The molecule has 1 unspecified atom stereocenters. The van der Waals surface area contributed by atoms with Crippen LogP contribution in [0.2, 0.25) is 0 Å². The maximum Gasteiger partial charge on any atom is 0.218 e. The molecule has 1 N–H and O–H groups in total. The average molecular weight is 388 g/mol. The van der Waals surface area contributed by atoms with E-state index in [0.717, 1.165) is 36.5 Å². The SMILES string of the molecule is Cc1cc(C(=O)C[NH+]2CCc3ccccc3C2)c(C)n1[C@@H]1CCS(=O)(=O)C1. The molecular weight excluding hydrogens is 360 g/mol. The van der Waals surface area contributed by atoms with Crippen molar-refractivity contribution in [3.05, 3.63) is 58.4 Å². The number of rotatable bonds is 4. The third-order valence-electron chi connectivity index (χ3n) is 6.08. The van der Waals surface area contributed by atoms with E-state index < -0.39 is 9.84 Å². The lowest BCUT2D eigenvalue weighted by Crippen LogP contribution is -3.12. The molecule has 1 saturated heterocycles. The molecule has 2 aliphatic heterocycles. The number of nitrogens with zero attached hydrogens (tertiary/aromatic N) is 1. The highest BCUT2D eigenvalue weighted by Gasteiger charge is 2.32. The van der Waals surface area contributed by atoms with Crippen molar-refractivity contribution in [2.24, 2.45) is 0 Å². The number of hydrogen-bond acceptors (Lipinski definition) is 3. The molecule has 1 fully saturated rings. The summed E-state index contributed by atoms with van der Waals surface area (Å²) in [7, 11) is -2.95. The minimum Gasteiger partial charge on any atom is -0.344 e. The zero-order valence-electron chi connectivity index (χ0n) is 16.0. The Hall–Kier alpha value is -1.92. The standard InChI is InChI=1S/C21H26N2O3S/c1-15-11-20(16(2)23(15)19-8-10-27(25,26)14-19)21(24)13-22-9-7-17-5-3-4-6-18(17)12-22/h3-6,11,19H,7-10,12-14H2,1-2H3/p+1/t19-/m1/s1. The molecule has 144 valence electrons. The molecule has 2 aromatic rings. The molecule has 0 saturated carbocycles. The second-order valence-electron chi connectivity index (χ2n) is 8.01. The van der Waals surface area contributed by atoms with Crippen LogP contribution in [0.15, 0.2) is 30.3 Å². The zero-order chi connectivity index (χ0) is 19.2. The maximum absolute atomic E-state index is 13.0. The number of ketones is 1. The molecule has 1 aromatic carbocycles. The van der Waals surface area contributed by atoms with Gasteiger partial charge in [0, 0.05) is 35.0 Å². The highest BCUT2D eigenvalue weighted by molar-refractivity contribution is 7.91. The summed E-state index contributed by atoms with van der Waals surface area (Å²) in [4.78, 5) is 14.3. The van der Waals surface area contributed by atoms with Crippen molar-refractivity contribution in [2.75, 3.05) is 24.6 Å². The van der Waals surface area contributed by atoms with Gasteiger partial charge in [0.1, 0.15) is 13.1 Å². The number of sulfone groups is 1. The minimum absolute atomic E-state index is 0.0363. The number of carbonyl (C=O) groups excluding carboxylic acids is 1. The molecule has 2 atom stereocenters. The first-order chi connectivity index (χ1) is 12.8. The lowest BCUT2D eigenvalue weighted by Gasteiger charge is -2.25. The van der Waals surface area contributed by atoms with Gasteiger partial charge in [-0.2, -0.15) is 0 Å². The predicted octanol–water partition coefficient (Wildman–Crippen LogP) is 1.29. The summed E-state index contributed by atoms with van der Waals surface area (Å²) in [6.07, 6.45) is 1.65. The van der Waals surface area contributed by atoms with Gasteiger partial charge in [-0.3, -0.25) is 4.79 Å². The number of fused-ring (bicyclic) bond motifs is 1. The molecule has 0 amide bonds. The van der Waals surface area contributed by atoms with E-state index in [-0.39, 0.29) is 23.3 Å². The van der Waals surface area contributed by atoms with Crippen molar-refractivity contribution >= 4 is 15.6 Å².